The van der Waals surface area contributed by atoms with Crippen molar-refractivity contribution in [3.05, 3.63) is 58.6 Å². The van der Waals surface area contributed by atoms with E-state index in [1.807, 2.05) is 62.4 Å². The van der Waals surface area contributed by atoms with Gasteiger partial charge in [-0.15, -0.1) is 0 Å². The van der Waals surface area contributed by atoms with E-state index in [1.54, 1.807) is 0 Å². The van der Waals surface area contributed by atoms with Crippen LogP contribution in [0, 0.1) is 0 Å². The minimum absolute atomic E-state index is 0.144. The molecule has 2 aromatic rings. The first-order valence-electron chi connectivity index (χ1n) is 7.01. The van der Waals surface area contributed by atoms with E-state index < -0.39 is 0 Å². The van der Waals surface area contributed by atoms with Gasteiger partial charge < -0.3 is 15.2 Å². The highest BCUT2D eigenvalue weighted by molar-refractivity contribution is 9.10. The van der Waals surface area contributed by atoms with Crippen molar-refractivity contribution in [2.45, 2.75) is 26.0 Å². The second kappa shape index (κ2) is 7.48. The highest BCUT2D eigenvalue weighted by Gasteiger charge is 2.20. The van der Waals surface area contributed by atoms with Crippen LogP contribution in [0.15, 0.2) is 53.0 Å². The fourth-order valence-corrected chi connectivity index (χ4v) is 2.54. The summed E-state index contributed by atoms with van der Waals surface area (Å²) in [7, 11) is 0. The SMILES string of the molecule is CCOc1ccccc1OC(c1cccc(Br)c1)C(C)N. The second-order valence-electron chi connectivity index (χ2n) is 4.83. The molecule has 2 rings (SSSR count). The summed E-state index contributed by atoms with van der Waals surface area (Å²) < 4.78 is 12.7. The smallest absolute Gasteiger partial charge is 0.162 e. The molecule has 0 saturated heterocycles. The molecule has 112 valence electrons. The van der Waals surface area contributed by atoms with Gasteiger partial charge in [-0.25, -0.2) is 0 Å². The third-order valence-electron chi connectivity index (χ3n) is 3.06. The number of halogens is 1. The van der Waals surface area contributed by atoms with Crippen molar-refractivity contribution < 1.29 is 9.47 Å². The number of para-hydroxylation sites is 2. The van der Waals surface area contributed by atoms with Crippen LogP contribution in [0.5, 0.6) is 11.5 Å². The molecule has 0 fully saturated rings. The molecule has 2 atom stereocenters. The molecule has 0 amide bonds. The highest BCUT2D eigenvalue weighted by atomic mass is 79.9. The van der Waals surface area contributed by atoms with Gasteiger partial charge in [0.2, 0.25) is 0 Å². The van der Waals surface area contributed by atoms with Crippen LogP contribution in [0.2, 0.25) is 0 Å². The summed E-state index contributed by atoms with van der Waals surface area (Å²) in [5.41, 5.74) is 7.14. The van der Waals surface area contributed by atoms with Crippen LogP contribution in [0.3, 0.4) is 0 Å². The van der Waals surface area contributed by atoms with Gasteiger partial charge in [0.15, 0.2) is 11.5 Å². The van der Waals surface area contributed by atoms with Gasteiger partial charge in [0.1, 0.15) is 6.10 Å². The van der Waals surface area contributed by atoms with Gasteiger partial charge in [-0.05, 0) is 43.7 Å². The lowest BCUT2D eigenvalue weighted by Crippen LogP contribution is -2.29. The molecule has 0 heterocycles. The normalized spacial score (nSPS) is 13.5. The number of rotatable bonds is 6. The van der Waals surface area contributed by atoms with Crippen LogP contribution in [0.1, 0.15) is 25.5 Å². The predicted octanol–water partition coefficient (Wildman–Crippen LogP) is 4.32. The van der Waals surface area contributed by atoms with E-state index in [9.17, 15) is 0 Å². The number of benzene rings is 2. The molecule has 0 aliphatic carbocycles. The first-order chi connectivity index (χ1) is 10.1. The van der Waals surface area contributed by atoms with Crippen LogP contribution in [0.4, 0.5) is 0 Å². The number of hydrogen-bond donors (Lipinski definition) is 1. The van der Waals surface area contributed by atoms with Gasteiger partial charge in [0, 0.05) is 10.5 Å². The van der Waals surface area contributed by atoms with Crippen LogP contribution < -0.4 is 15.2 Å². The van der Waals surface area contributed by atoms with Gasteiger partial charge in [-0.3, -0.25) is 0 Å². The molecule has 21 heavy (non-hydrogen) atoms. The number of nitrogens with two attached hydrogens (primary N) is 1. The van der Waals surface area contributed by atoms with Crippen LogP contribution in [0.25, 0.3) is 0 Å². The summed E-state index contributed by atoms with van der Waals surface area (Å²) in [4.78, 5) is 0. The number of ether oxygens (including phenoxy) is 2. The van der Waals surface area contributed by atoms with Crippen LogP contribution in [-0.2, 0) is 0 Å². The Morgan fingerprint density at radius 1 is 1.10 bits per heavy atom. The molecule has 3 nitrogen and oxygen atoms in total. The molecule has 0 spiro atoms. The summed E-state index contributed by atoms with van der Waals surface area (Å²) in [6.07, 6.45) is -0.232. The minimum Gasteiger partial charge on any atom is -0.490 e. The summed E-state index contributed by atoms with van der Waals surface area (Å²) in [5, 5.41) is 0. The van der Waals surface area contributed by atoms with E-state index in [0.29, 0.717) is 12.4 Å². The molecule has 0 aromatic heterocycles. The van der Waals surface area contributed by atoms with Crippen molar-refractivity contribution >= 4 is 15.9 Å². The van der Waals surface area contributed by atoms with Crippen molar-refractivity contribution in [3.63, 3.8) is 0 Å². The molecule has 2 N–H and O–H groups in total. The molecule has 0 saturated carbocycles. The summed E-state index contributed by atoms with van der Waals surface area (Å²) in [6.45, 7) is 4.49. The molecule has 0 aliphatic rings. The van der Waals surface area contributed by atoms with Crippen molar-refractivity contribution in [2.75, 3.05) is 6.61 Å². The third kappa shape index (κ3) is 4.22. The third-order valence-corrected chi connectivity index (χ3v) is 3.55. The van der Waals surface area contributed by atoms with Gasteiger partial charge in [-0.2, -0.15) is 0 Å². The first kappa shape index (κ1) is 15.9. The Morgan fingerprint density at radius 3 is 2.43 bits per heavy atom. The maximum atomic E-state index is 6.13. The topological polar surface area (TPSA) is 44.5 Å². The monoisotopic (exact) mass is 349 g/mol. The Morgan fingerprint density at radius 2 is 1.81 bits per heavy atom. The van der Waals surface area contributed by atoms with Crippen LogP contribution in [-0.4, -0.2) is 12.6 Å². The Labute approximate surface area is 134 Å². The average Bonchev–Trinajstić information content (AvgIpc) is 2.46. The predicted molar refractivity (Wildman–Crippen MR) is 88.8 cm³/mol. The van der Waals surface area contributed by atoms with Gasteiger partial charge in [-0.1, -0.05) is 40.2 Å². The summed E-state index contributed by atoms with van der Waals surface area (Å²) >= 11 is 3.48. The van der Waals surface area contributed by atoms with Crippen LogP contribution >= 0.6 is 15.9 Å². The fraction of sp³-hybridized carbons (Fsp3) is 0.294. The second-order valence-corrected chi connectivity index (χ2v) is 5.75. The lowest BCUT2D eigenvalue weighted by atomic mass is 10.0. The minimum atomic E-state index is -0.232. The van der Waals surface area contributed by atoms with E-state index in [1.165, 1.54) is 0 Å². The molecule has 2 aromatic carbocycles. The molecular weight excluding hydrogens is 330 g/mol. The van der Waals surface area contributed by atoms with E-state index >= 15 is 0 Å². The Bertz CT molecular complexity index is 587. The Hall–Kier alpha value is -1.52. The summed E-state index contributed by atoms with van der Waals surface area (Å²) in [6, 6.07) is 15.5. The molecule has 0 aliphatic heterocycles. The zero-order valence-electron chi connectivity index (χ0n) is 12.3. The maximum absolute atomic E-state index is 6.13. The molecular formula is C17H20BrNO2. The maximum Gasteiger partial charge on any atom is 0.162 e. The largest absolute Gasteiger partial charge is 0.490 e. The standard InChI is InChI=1S/C17H20BrNO2/c1-3-20-15-9-4-5-10-16(15)21-17(12(2)19)13-7-6-8-14(18)11-13/h4-12,17H,3,19H2,1-2H3. The Balaban J connectivity index is 2.29. The van der Waals surface area contributed by atoms with Crippen molar-refractivity contribution in [2.24, 2.45) is 5.73 Å². The van der Waals surface area contributed by atoms with Gasteiger partial charge in [0.25, 0.3) is 0 Å². The first-order valence-corrected chi connectivity index (χ1v) is 7.80. The van der Waals surface area contributed by atoms with Crippen molar-refractivity contribution in [1.82, 2.24) is 0 Å². The quantitative estimate of drug-likeness (QED) is 0.844. The van der Waals surface area contributed by atoms with E-state index in [4.69, 9.17) is 15.2 Å². The average molecular weight is 350 g/mol. The molecule has 0 radical (unpaired) electrons. The number of hydrogen-bond acceptors (Lipinski definition) is 3. The lowest BCUT2D eigenvalue weighted by molar-refractivity contribution is 0.170. The van der Waals surface area contributed by atoms with Gasteiger partial charge in [0.05, 0.1) is 6.61 Å². The van der Waals surface area contributed by atoms with Crippen molar-refractivity contribution in [1.29, 1.82) is 0 Å². The highest BCUT2D eigenvalue weighted by Crippen LogP contribution is 2.32. The van der Waals surface area contributed by atoms with Gasteiger partial charge >= 0.3 is 0 Å². The van der Waals surface area contributed by atoms with E-state index in [-0.39, 0.29) is 12.1 Å². The van der Waals surface area contributed by atoms with E-state index in [2.05, 4.69) is 15.9 Å². The fourth-order valence-electron chi connectivity index (χ4n) is 2.12. The molecule has 2 unspecified atom stereocenters. The molecule has 0 bridgehead atoms. The lowest BCUT2D eigenvalue weighted by Gasteiger charge is -2.24. The van der Waals surface area contributed by atoms with E-state index in [0.717, 1.165) is 15.8 Å². The molecule has 4 heteroatoms. The van der Waals surface area contributed by atoms with Crippen molar-refractivity contribution in [3.8, 4) is 11.5 Å². The Kier molecular flexibility index (Phi) is 5.65. The zero-order chi connectivity index (χ0) is 15.2. The summed E-state index contributed by atoms with van der Waals surface area (Å²) in [5.74, 6) is 1.45. The zero-order valence-corrected chi connectivity index (χ0v) is 13.8.